The molecule has 3 aromatic heterocycles. The van der Waals surface area contributed by atoms with Gasteiger partial charge in [-0.3, -0.25) is 9.78 Å². The fourth-order valence-corrected chi connectivity index (χ4v) is 4.59. The molecule has 4 aromatic rings. The summed E-state index contributed by atoms with van der Waals surface area (Å²) in [5.74, 6) is 1.86. The van der Waals surface area contributed by atoms with E-state index in [-0.39, 0.29) is 25.7 Å². The fourth-order valence-electron chi connectivity index (χ4n) is 3.55. The van der Waals surface area contributed by atoms with E-state index in [1.807, 2.05) is 42.0 Å². The second-order valence-electron chi connectivity index (χ2n) is 7.52. The van der Waals surface area contributed by atoms with Crippen LogP contribution in [0.3, 0.4) is 0 Å². The van der Waals surface area contributed by atoms with Crippen LogP contribution in [0.15, 0.2) is 36.0 Å². The van der Waals surface area contributed by atoms with Gasteiger partial charge in [-0.2, -0.15) is 0 Å². The molecule has 4 rings (SSSR count). The minimum absolute atomic E-state index is 0.000372. The largest absolute Gasteiger partial charge is 0.489 e. The number of fused-ring (bicyclic) bond motifs is 1. The Morgan fingerprint density at radius 1 is 1.18 bits per heavy atom. The summed E-state index contributed by atoms with van der Waals surface area (Å²) in [6.07, 6.45) is 3.27. The smallest absolute Gasteiger partial charge is 0.254 e. The second kappa shape index (κ2) is 10.1. The summed E-state index contributed by atoms with van der Waals surface area (Å²) in [5.41, 5.74) is 3.24. The number of pyridine rings is 1. The van der Waals surface area contributed by atoms with Gasteiger partial charge in [0.2, 0.25) is 0 Å². The number of carbonyl (C=O) groups excluding carboxylic acids is 1. The van der Waals surface area contributed by atoms with E-state index in [9.17, 15) is 9.90 Å². The first-order valence-electron chi connectivity index (χ1n) is 10.5. The Morgan fingerprint density at radius 3 is 2.82 bits per heavy atom. The van der Waals surface area contributed by atoms with Gasteiger partial charge in [0.05, 0.1) is 23.5 Å². The number of thiophene rings is 1. The highest BCUT2D eigenvalue weighted by Crippen LogP contribution is 2.31. The molecule has 0 atom stereocenters. The number of aliphatic hydroxyl groups excluding tert-OH is 2. The lowest BCUT2D eigenvalue weighted by Gasteiger charge is -2.12. The molecule has 0 fully saturated rings. The average Bonchev–Trinajstić information content (AvgIpc) is 3.40. The van der Waals surface area contributed by atoms with E-state index < -0.39 is 0 Å². The lowest BCUT2D eigenvalue weighted by Crippen LogP contribution is -2.26. The topological polar surface area (TPSA) is 122 Å². The number of carbonyl (C=O) groups is 1. The molecule has 9 nitrogen and oxygen atoms in total. The van der Waals surface area contributed by atoms with Crippen molar-refractivity contribution in [3.05, 3.63) is 58.5 Å². The normalized spacial score (nSPS) is 11.2. The number of aryl methyl sites for hydroxylation is 2. The van der Waals surface area contributed by atoms with Crippen molar-refractivity contribution >= 4 is 27.3 Å². The second-order valence-corrected chi connectivity index (χ2v) is 8.40. The van der Waals surface area contributed by atoms with Crippen LogP contribution in [-0.2, 0) is 13.2 Å². The van der Waals surface area contributed by atoms with Crippen LogP contribution in [0.4, 0.5) is 0 Å². The summed E-state index contributed by atoms with van der Waals surface area (Å²) in [6, 6.07) is 5.85. The van der Waals surface area contributed by atoms with E-state index in [2.05, 4.69) is 20.5 Å². The monoisotopic (exact) mass is 467 g/mol. The van der Waals surface area contributed by atoms with E-state index >= 15 is 0 Å². The zero-order valence-corrected chi connectivity index (χ0v) is 19.2. The van der Waals surface area contributed by atoms with Crippen molar-refractivity contribution in [3.63, 3.8) is 0 Å². The molecule has 0 unspecified atom stereocenters. The molecule has 0 radical (unpaired) electrons. The first-order chi connectivity index (χ1) is 16.0. The van der Waals surface area contributed by atoms with Crippen LogP contribution >= 0.6 is 11.3 Å². The van der Waals surface area contributed by atoms with Crippen molar-refractivity contribution < 1.29 is 19.7 Å². The van der Waals surface area contributed by atoms with Gasteiger partial charge in [0.15, 0.2) is 5.82 Å². The third-order valence-electron chi connectivity index (χ3n) is 5.29. The van der Waals surface area contributed by atoms with Crippen LogP contribution in [-0.4, -0.2) is 55.6 Å². The summed E-state index contributed by atoms with van der Waals surface area (Å²) in [4.78, 5) is 16.6. The Bertz CT molecular complexity index is 1280. The zero-order chi connectivity index (χ0) is 23.4. The maximum Gasteiger partial charge on any atom is 0.254 e. The van der Waals surface area contributed by atoms with E-state index in [1.165, 1.54) is 17.5 Å². The average molecular weight is 468 g/mol. The molecular weight excluding hydrogens is 442 g/mol. The number of ether oxygens (including phenoxy) is 1. The van der Waals surface area contributed by atoms with Crippen molar-refractivity contribution in [2.75, 3.05) is 19.8 Å². The van der Waals surface area contributed by atoms with Gasteiger partial charge in [-0.05, 0) is 30.9 Å². The molecule has 33 heavy (non-hydrogen) atoms. The first-order valence-corrected chi connectivity index (χ1v) is 11.4. The van der Waals surface area contributed by atoms with Crippen molar-refractivity contribution in [1.82, 2.24) is 25.1 Å². The highest BCUT2D eigenvalue weighted by Gasteiger charge is 2.16. The number of nitrogens with zero attached hydrogens (tertiary/aromatic N) is 4. The van der Waals surface area contributed by atoms with Crippen molar-refractivity contribution in [2.24, 2.45) is 0 Å². The van der Waals surface area contributed by atoms with Crippen LogP contribution in [0.5, 0.6) is 5.75 Å². The Labute approximate surface area is 194 Å². The van der Waals surface area contributed by atoms with Crippen LogP contribution in [0.1, 0.15) is 27.3 Å². The standard InChI is InChI=1S/C23H25N5O4S/c1-14-3-4-16(22-27-26-15(2)28(22)6-8-30)9-20(14)32-12-17-13-33-21-18(17)10-24-11-19(21)23(31)25-5-7-29/h3-4,9-11,13,29-30H,5-8,12H2,1-2H3,(H,25,31). The Morgan fingerprint density at radius 2 is 2.03 bits per heavy atom. The summed E-state index contributed by atoms with van der Waals surface area (Å²) >= 11 is 1.46. The number of aromatic nitrogens is 4. The van der Waals surface area contributed by atoms with E-state index in [0.29, 0.717) is 30.3 Å². The molecule has 172 valence electrons. The molecule has 3 heterocycles. The zero-order valence-electron chi connectivity index (χ0n) is 18.4. The summed E-state index contributed by atoms with van der Waals surface area (Å²) in [7, 11) is 0. The van der Waals surface area contributed by atoms with Crippen LogP contribution in [0, 0.1) is 13.8 Å². The predicted octanol–water partition coefficient (Wildman–Crippen LogP) is 2.47. The summed E-state index contributed by atoms with van der Waals surface area (Å²) < 4.78 is 8.86. The summed E-state index contributed by atoms with van der Waals surface area (Å²) in [6.45, 7) is 4.63. The molecule has 0 aliphatic rings. The molecule has 1 aromatic carbocycles. The number of rotatable bonds is 9. The number of aliphatic hydroxyl groups is 2. The molecule has 0 bridgehead atoms. The SMILES string of the molecule is Cc1ccc(-c2nnc(C)n2CCO)cc1OCc1csc2c(C(=O)NCCO)cncc12. The van der Waals surface area contributed by atoms with Gasteiger partial charge < -0.3 is 24.8 Å². The van der Waals surface area contributed by atoms with Crippen LogP contribution < -0.4 is 10.1 Å². The highest BCUT2D eigenvalue weighted by molar-refractivity contribution is 7.17. The number of benzene rings is 1. The lowest BCUT2D eigenvalue weighted by atomic mass is 10.1. The van der Waals surface area contributed by atoms with Gasteiger partial charge in [0.1, 0.15) is 18.2 Å². The van der Waals surface area contributed by atoms with Crippen molar-refractivity contribution in [2.45, 2.75) is 27.0 Å². The van der Waals surface area contributed by atoms with Gasteiger partial charge in [-0.1, -0.05) is 12.1 Å². The quantitative estimate of drug-likeness (QED) is 0.346. The molecule has 10 heteroatoms. The van der Waals surface area contributed by atoms with E-state index in [1.54, 1.807) is 6.20 Å². The minimum Gasteiger partial charge on any atom is -0.489 e. The molecule has 0 aliphatic carbocycles. The van der Waals surface area contributed by atoms with Crippen LogP contribution in [0.2, 0.25) is 0 Å². The molecule has 0 spiro atoms. The van der Waals surface area contributed by atoms with E-state index in [0.717, 1.165) is 32.6 Å². The maximum atomic E-state index is 12.4. The highest BCUT2D eigenvalue weighted by atomic mass is 32.1. The molecule has 0 aliphatic heterocycles. The van der Waals surface area contributed by atoms with Gasteiger partial charge in [0.25, 0.3) is 5.91 Å². The summed E-state index contributed by atoms with van der Waals surface area (Å²) in [5, 5.41) is 32.2. The molecule has 1 amide bonds. The van der Waals surface area contributed by atoms with Crippen LogP contribution in [0.25, 0.3) is 21.5 Å². The van der Waals surface area contributed by atoms with Crippen molar-refractivity contribution in [1.29, 1.82) is 0 Å². The Balaban J connectivity index is 1.58. The maximum absolute atomic E-state index is 12.4. The van der Waals surface area contributed by atoms with E-state index in [4.69, 9.17) is 9.84 Å². The van der Waals surface area contributed by atoms with Gasteiger partial charge in [-0.25, -0.2) is 0 Å². The number of hydrogen-bond acceptors (Lipinski definition) is 8. The first kappa shape index (κ1) is 22.8. The third kappa shape index (κ3) is 4.72. The van der Waals surface area contributed by atoms with Crippen molar-refractivity contribution in [3.8, 4) is 17.1 Å². The number of hydrogen-bond donors (Lipinski definition) is 3. The number of nitrogens with one attached hydrogen (secondary N) is 1. The molecule has 0 saturated heterocycles. The minimum atomic E-state index is -0.262. The van der Waals surface area contributed by atoms with Gasteiger partial charge in [-0.15, -0.1) is 21.5 Å². The fraction of sp³-hybridized carbons (Fsp3) is 0.304. The Hall–Kier alpha value is -3.34. The lowest BCUT2D eigenvalue weighted by molar-refractivity contribution is 0.0946. The third-order valence-corrected chi connectivity index (χ3v) is 6.37. The predicted molar refractivity (Wildman–Crippen MR) is 125 cm³/mol. The van der Waals surface area contributed by atoms with Gasteiger partial charge >= 0.3 is 0 Å². The molecular formula is C23H25N5O4S. The van der Waals surface area contributed by atoms with Gasteiger partial charge in [0, 0.05) is 42.0 Å². The Kier molecular flexibility index (Phi) is 6.97. The number of amides is 1. The molecule has 0 saturated carbocycles. The molecule has 3 N–H and O–H groups in total.